The van der Waals surface area contributed by atoms with Gasteiger partial charge in [0.25, 0.3) is 0 Å². The summed E-state index contributed by atoms with van der Waals surface area (Å²) in [7, 11) is 1.74. The number of hydrogen-bond acceptors (Lipinski definition) is 4. The Hall–Kier alpha value is -2.14. The molecular weight excluding hydrogens is 318 g/mol. The highest BCUT2D eigenvalue weighted by Gasteiger charge is 2.21. The van der Waals surface area contributed by atoms with Gasteiger partial charge < -0.3 is 9.30 Å². The lowest BCUT2D eigenvalue weighted by Crippen LogP contribution is -2.08. The Kier molecular flexibility index (Phi) is 3.88. The van der Waals surface area contributed by atoms with Gasteiger partial charge in [-0.05, 0) is 56.4 Å². The van der Waals surface area contributed by atoms with Crippen molar-refractivity contribution in [3.63, 3.8) is 0 Å². The highest BCUT2D eigenvalue weighted by atomic mass is 32.1. The molecule has 0 fully saturated rings. The fraction of sp³-hybridized carbons (Fsp3) is 0.368. The molecule has 0 amide bonds. The number of nitrogens with zero attached hydrogens (tertiary/aromatic N) is 3. The van der Waals surface area contributed by atoms with Gasteiger partial charge in [0.05, 0.1) is 18.7 Å². The van der Waals surface area contributed by atoms with Gasteiger partial charge in [-0.25, -0.2) is 9.97 Å². The van der Waals surface area contributed by atoms with E-state index in [1.165, 1.54) is 17.5 Å². The molecule has 2 heterocycles. The molecule has 0 bridgehead atoms. The van der Waals surface area contributed by atoms with Crippen molar-refractivity contribution in [1.82, 2.24) is 14.5 Å². The third-order valence-electron chi connectivity index (χ3n) is 4.73. The van der Waals surface area contributed by atoms with Crippen LogP contribution < -0.4 is 4.74 Å². The number of methoxy groups -OCH3 is 1. The van der Waals surface area contributed by atoms with E-state index in [-0.39, 0.29) is 6.04 Å². The molecule has 124 valence electrons. The second kappa shape index (κ2) is 6.06. The summed E-state index contributed by atoms with van der Waals surface area (Å²) < 4.78 is 7.86. The third-order valence-corrected chi connectivity index (χ3v) is 5.87. The first-order chi connectivity index (χ1) is 11.7. The molecule has 0 saturated heterocycles. The minimum absolute atomic E-state index is 0.152. The van der Waals surface area contributed by atoms with Gasteiger partial charge in [0.15, 0.2) is 0 Å². The Morgan fingerprint density at radius 1 is 1.25 bits per heavy atom. The summed E-state index contributed by atoms with van der Waals surface area (Å²) in [6.07, 6.45) is 7.41. The molecule has 0 radical (unpaired) electrons. The smallest absolute Gasteiger partial charge is 0.144 e. The molecule has 3 aromatic rings. The van der Waals surface area contributed by atoms with Crippen LogP contribution in [0.25, 0.3) is 11.4 Å². The average Bonchev–Trinajstić information content (AvgIpc) is 3.32. The average molecular weight is 339 g/mol. The number of rotatable bonds is 4. The molecule has 1 atom stereocenters. The summed E-state index contributed by atoms with van der Waals surface area (Å²) in [6, 6.07) is 4.61. The molecule has 0 spiro atoms. The maximum absolute atomic E-state index is 5.67. The molecule has 1 aromatic carbocycles. The lowest BCUT2D eigenvalue weighted by Gasteiger charge is -2.17. The van der Waals surface area contributed by atoms with Gasteiger partial charge in [-0.3, -0.25) is 0 Å². The topological polar surface area (TPSA) is 39.9 Å². The molecule has 4 nitrogen and oxygen atoms in total. The molecule has 4 rings (SSSR count). The number of fused-ring (bicyclic) bond motifs is 1. The van der Waals surface area contributed by atoms with Gasteiger partial charge in [-0.2, -0.15) is 0 Å². The maximum atomic E-state index is 5.67. The van der Waals surface area contributed by atoms with Crippen LogP contribution in [0.5, 0.6) is 5.75 Å². The van der Waals surface area contributed by atoms with Crippen molar-refractivity contribution in [3.8, 4) is 17.1 Å². The van der Waals surface area contributed by atoms with Crippen LogP contribution in [0.3, 0.4) is 0 Å². The normalized spacial score (nSPS) is 14.6. The Balaban J connectivity index is 1.80. The van der Waals surface area contributed by atoms with E-state index in [0.29, 0.717) is 0 Å². The summed E-state index contributed by atoms with van der Waals surface area (Å²) in [4.78, 5) is 9.27. The van der Waals surface area contributed by atoms with Crippen molar-refractivity contribution in [3.05, 3.63) is 51.7 Å². The number of aryl methyl sites for hydroxylation is 3. The molecule has 1 aliphatic carbocycles. The van der Waals surface area contributed by atoms with E-state index in [2.05, 4.69) is 39.0 Å². The zero-order valence-electron chi connectivity index (χ0n) is 14.2. The van der Waals surface area contributed by atoms with E-state index >= 15 is 0 Å². The molecule has 0 aliphatic heterocycles. The van der Waals surface area contributed by atoms with E-state index in [1.54, 1.807) is 18.4 Å². The van der Waals surface area contributed by atoms with Crippen molar-refractivity contribution >= 4 is 11.3 Å². The Bertz CT molecular complexity index is 881. The van der Waals surface area contributed by atoms with Crippen molar-refractivity contribution in [2.24, 2.45) is 0 Å². The second-order valence-electron chi connectivity index (χ2n) is 6.34. The Morgan fingerprint density at radius 3 is 2.75 bits per heavy atom. The largest absolute Gasteiger partial charge is 0.496 e. The molecule has 0 saturated carbocycles. The highest BCUT2D eigenvalue weighted by Crippen LogP contribution is 2.37. The summed E-state index contributed by atoms with van der Waals surface area (Å²) >= 11 is 1.70. The van der Waals surface area contributed by atoms with Crippen LogP contribution in [0.4, 0.5) is 0 Å². The predicted molar refractivity (Wildman–Crippen MR) is 96.9 cm³/mol. The molecule has 24 heavy (non-hydrogen) atoms. The number of thiazole rings is 1. The first kappa shape index (κ1) is 15.4. The standard InChI is InChI=1S/C19H21N3OS/c1-12-11-24-19(21-12)13(2)22-8-7-20-18(22)16-9-14-5-4-6-15(14)10-17(16)23-3/h7-11,13H,4-6H2,1-3H3/t13-/m1/s1. The van der Waals surface area contributed by atoms with Gasteiger partial charge >= 0.3 is 0 Å². The zero-order valence-corrected chi connectivity index (χ0v) is 15.1. The first-order valence-corrected chi connectivity index (χ1v) is 9.20. The molecule has 5 heteroatoms. The van der Waals surface area contributed by atoms with Crippen LogP contribution in [0.2, 0.25) is 0 Å². The van der Waals surface area contributed by atoms with E-state index < -0.39 is 0 Å². The monoisotopic (exact) mass is 339 g/mol. The molecular formula is C19H21N3OS. The number of hydrogen-bond donors (Lipinski definition) is 0. The SMILES string of the molecule is COc1cc2c(cc1-c1nccn1[C@H](C)c1nc(C)cs1)CCC2. The van der Waals surface area contributed by atoms with Crippen molar-refractivity contribution in [2.75, 3.05) is 7.11 Å². The Labute approximate surface area is 146 Å². The van der Waals surface area contributed by atoms with Crippen molar-refractivity contribution in [1.29, 1.82) is 0 Å². The third kappa shape index (κ3) is 2.53. The molecule has 1 aliphatic rings. The van der Waals surface area contributed by atoms with E-state index in [4.69, 9.17) is 4.74 Å². The second-order valence-corrected chi connectivity index (χ2v) is 7.23. The van der Waals surface area contributed by atoms with Gasteiger partial charge in [0.2, 0.25) is 0 Å². The van der Waals surface area contributed by atoms with Gasteiger partial charge in [0.1, 0.15) is 16.6 Å². The van der Waals surface area contributed by atoms with Crippen LogP contribution in [0.1, 0.15) is 41.2 Å². The molecule has 0 N–H and O–H groups in total. The van der Waals surface area contributed by atoms with Gasteiger partial charge in [-0.15, -0.1) is 11.3 Å². The van der Waals surface area contributed by atoms with Crippen LogP contribution >= 0.6 is 11.3 Å². The zero-order chi connectivity index (χ0) is 16.7. The summed E-state index contributed by atoms with van der Waals surface area (Å²) in [5, 5.41) is 3.20. The maximum Gasteiger partial charge on any atom is 0.144 e. The fourth-order valence-electron chi connectivity index (χ4n) is 3.46. The van der Waals surface area contributed by atoms with Gasteiger partial charge in [-0.1, -0.05) is 0 Å². The lowest BCUT2D eigenvalue weighted by atomic mass is 10.0. The number of ether oxygens (including phenoxy) is 1. The van der Waals surface area contributed by atoms with Crippen LogP contribution in [-0.2, 0) is 12.8 Å². The quantitative estimate of drug-likeness (QED) is 0.706. The summed E-state index contributed by atoms with van der Waals surface area (Å²) in [5.74, 6) is 1.85. The number of benzene rings is 1. The van der Waals surface area contributed by atoms with E-state index in [1.807, 2.05) is 19.3 Å². The van der Waals surface area contributed by atoms with Crippen LogP contribution in [-0.4, -0.2) is 21.6 Å². The van der Waals surface area contributed by atoms with Gasteiger partial charge in [0, 0.05) is 23.5 Å². The summed E-state index contributed by atoms with van der Waals surface area (Å²) in [5.41, 5.74) is 4.98. The minimum atomic E-state index is 0.152. The van der Waals surface area contributed by atoms with Crippen LogP contribution in [0.15, 0.2) is 29.9 Å². The van der Waals surface area contributed by atoms with Crippen molar-refractivity contribution in [2.45, 2.75) is 39.2 Å². The summed E-state index contributed by atoms with van der Waals surface area (Å²) in [6.45, 7) is 4.20. The predicted octanol–water partition coefficient (Wildman–Crippen LogP) is 4.42. The highest BCUT2D eigenvalue weighted by molar-refractivity contribution is 7.09. The Morgan fingerprint density at radius 2 is 2.04 bits per heavy atom. The van der Waals surface area contributed by atoms with E-state index in [9.17, 15) is 0 Å². The van der Waals surface area contributed by atoms with E-state index in [0.717, 1.165) is 40.7 Å². The molecule has 2 aromatic heterocycles. The fourth-order valence-corrected chi connectivity index (χ4v) is 4.31. The molecule has 0 unspecified atom stereocenters. The van der Waals surface area contributed by atoms with Crippen molar-refractivity contribution < 1.29 is 4.74 Å². The van der Waals surface area contributed by atoms with Crippen LogP contribution in [0, 0.1) is 6.92 Å². The number of imidazole rings is 1. The minimum Gasteiger partial charge on any atom is -0.496 e. The number of aromatic nitrogens is 3. The first-order valence-electron chi connectivity index (χ1n) is 8.32. The lowest BCUT2D eigenvalue weighted by molar-refractivity contribution is 0.415.